The highest BCUT2D eigenvalue weighted by Gasteiger charge is 2.33. The topological polar surface area (TPSA) is 41.5 Å². The number of aryl methyl sites for hydroxylation is 1. The molecule has 0 N–H and O–H groups in total. The van der Waals surface area contributed by atoms with Crippen molar-refractivity contribution in [1.82, 2.24) is 14.9 Å². The van der Waals surface area contributed by atoms with Crippen LogP contribution in [0.25, 0.3) is 10.9 Å². The first-order chi connectivity index (χ1) is 10.9. The van der Waals surface area contributed by atoms with Crippen LogP contribution in [-0.4, -0.2) is 55.7 Å². The third-order valence-electron chi connectivity index (χ3n) is 4.79. The fourth-order valence-corrected chi connectivity index (χ4v) is 3.59. The van der Waals surface area contributed by atoms with Gasteiger partial charge in [0.15, 0.2) is 0 Å². The summed E-state index contributed by atoms with van der Waals surface area (Å²) in [6, 6.07) is 5.96. The van der Waals surface area contributed by atoms with Crippen molar-refractivity contribution >= 4 is 16.9 Å². The molecule has 1 saturated heterocycles. The van der Waals surface area contributed by atoms with Crippen molar-refractivity contribution in [3.8, 4) is 5.75 Å². The van der Waals surface area contributed by atoms with Gasteiger partial charge in [-0.25, -0.2) is 9.97 Å². The molecule has 2 heterocycles. The van der Waals surface area contributed by atoms with E-state index in [1.54, 1.807) is 7.11 Å². The molecule has 0 bridgehead atoms. The molecule has 0 amide bonds. The van der Waals surface area contributed by atoms with Crippen molar-refractivity contribution in [2.75, 3.05) is 45.7 Å². The van der Waals surface area contributed by atoms with Gasteiger partial charge < -0.3 is 14.5 Å². The average Bonchev–Trinajstić information content (AvgIpc) is 2.85. The van der Waals surface area contributed by atoms with Crippen molar-refractivity contribution in [2.24, 2.45) is 5.41 Å². The second kappa shape index (κ2) is 5.96. The molecule has 1 unspecified atom stereocenters. The van der Waals surface area contributed by atoms with Gasteiger partial charge in [0, 0.05) is 31.6 Å². The van der Waals surface area contributed by atoms with E-state index in [-0.39, 0.29) is 0 Å². The van der Waals surface area contributed by atoms with Crippen LogP contribution in [0.5, 0.6) is 5.75 Å². The molecule has 0 radical (unpaired) electrons. The first-order valence-corrected chi connectivity index (χ1v) is 8.12. The summed E-state index contributed by atoms with van der Waals surface area (Å²) in [6.07, 6.45) is 1.22. The lowest BCUT2D eigenvalue weighted by atomic mass is 9.89. The Morgan fingerprint density at radius 2 is 2.13 bits per heavy atom. The monoisotopic (exact) mass is 314 g/mol. The Morgan fingerprint density at radius 1 is 1.35 bits per heavy atom. The minimum atomic E-state index is 0.296. The number of rotatable bonds is 4. The first-order valence-electron chi connectivity index (χ1n) is 8.12. The van der Waals surface area contributed by atoms with Gasteiger partial charge >= 0.3 is 0 Å². The molecular weight excluding hydrogens is 288 g/mol. The number of nitrogens with zero attached hydrogens (tertiary/aromatic N) is 4. The Labute approximate surface area is 138 Å². The van der Waals surface area contributed by atoms with Crippen LogP contribution in [0.1, 0.15) is 19.0 Å². The van der Waals surface area contributed by atoms with Crippen LogP contribution < -0.4 is 9.64 Å². The zero-order chi connectivity index (χ0) is 16.6. The molecule has 1 fully saturated rings. The highest BCUT2D eigenvalue weighted by molar-refractivity contribution is 5.83. The van der Waals surface area contributed by atoms with Crippen LogP contribution in [0.2, 0.25) is 0 Å². The van der Waals surface area contributed by atoms with E-state index in [1.807, 2.05) is 25.1 Å². The molecule has 5 heteroatoms. The van der Waals surface area contributed by atoms with Gasteiger partial charge in [0.1, 0.15) is 5.75 Å². The van der Waals surface area contributed by atoms with Gasteiger partial charge in [-0.3, -0.25) is 0 Å². The predicted molar refractivity (Wildman–Crippen MR) is 94.3 cm³/mol. The van der Waals surface area contributed by atoms with Gasteiger partial charge in [-0.1, -0.05) is 6.92 Å². The SMILES string of the molecule is COc1ccc2c(C)nc(N(C)CC3(C)CCN(C)C3)nc2c1. The number of hydrogen-bond acceptors (Lipinski definition) is 5. The Bertz CT molecular complexity index is 717. The molecule has 23 heavy (non-hydrogen) atoms. The summed E-state index contributed by atoms with van der Waals surface area (Å²) in [4.78, 5) is 14.0. The summed E-state index contributed by atoms with van der Waals surface area (Å²) in [5.41, 5.74) is 2.24. The fraction of sp³-hybridized carbons (Fsp3) is 0.556. The normalized spacial score (nSPS) is 21.8. The summed E-state index contributed by atoms with van der Waals surface area (Å²) >= 11 is 0. The predicted octanol–water partition coefficient (Wildman–Crippen LogP) is 2.72. The van der Waals surface area contributed by atoms with E-state index in [0.29, 0.717) is 5.41 Å². The van der Waals surface area contributed by atoms with E-state index < -0.39 is 0 Å². The molecule has 0 aliphatic carbocycles. The molecule has 124 valence electrons. The van der Waals surface area contributed by atoms with E-state index in [0.717, 1.165) is 41.4 Å². The van der Waals surface area contributed by atoms with Crippen LogP contribution in [0.4, 0.5) is 5.95 Å². The minimum absolute atomic E-state index is 0.296. The summed E-state index contributed by atoms with van der Waals surface area (Å²) in [7, 11) is 5.96. The number of aromatic nitrogens is 2. The van der Waals surface area contributed by atoms with Crippen molar-refractivity contribution in [3.05, 3.63) is 23.9 Å². The highest BCUT2D eigenvalue weighted by atomic mass is 16.5. The maximum Gasteiger partial charge on any atom is 0.225 e. The van der Waals surface area contributed by atoms with Gasteiger partial charge in [-0.15, -0.1) is 0 Å². The second-order valence-corrected chi connectivity index (χ2v) is 7.15. The highest BCUT2D eigenvalue weighted by Crippen LogP contribution is 2.31. The van der Waals surface area contributed by atoms with Crippen LogP contribution in [0.3, 0.4) is 0 Å². The standard InChI is InChI=1S/C18H26N4O/c1-13-15-7-6-14(23-5)10-16(15)20-17(19-13)22(4)12-18(2)8-9-21(3)11-18/h6-7,10H,8-9,11-12H2,1-5H3. The molecule has 1 atom stereocenters. The summed E-state index contributed by atoms with van der Waals surface area (Å²) in [6.45, 7) is 7.64. The van der Waals surface area contributed by atoms with Crippen LogP contribution in [0.15, 0.2) is 18.2 Å². The van der Waals surface area contributed by atoms with Crippen molar-refractivity contribution in [1.29, 1.82) is 0 Å². The fourth-order valence-electron chi connectivity index (χ4n) is 3.59. The van der Waals surface area contributed by atoms with Crippen LogP contribution in [0, 0.1) is 12.3 Å². The third kappa shape index (κ3) is 3.24. The Balaban J connectivity index is 1.89. The number of methoxy groups -OCH3 is 1. The smallest absolute Gasteiger partial charge is 0.225 e. The van der Waals surface area contributed by atoms with E-state index in [2.05, 4.69) is 30.8 Å². The molecule has 0 spiro atoms. The molecule has 1 aliphatic rings. The van der Waals surface area contributed by atoms with Crippen molar-refractivity contribution in [2.45, 2.75) is 20.3 Å². The molecule has 1 aliphatic heterocycles. The quantitative estimate of drug-likeness (QED) is 0.868. The maximum atomic E-state index is 5.32. The lowest BCUT2D eigenvalue weighted by molar-refractivity contribution is 0.314. The van der Waals surface area contributed by atoms with Crippen molar-refractivity contribution in [3.63, 3.8) is 0 Å². The Morgan fingerprint density at radius 3 is 2.78 bits per heavy atom. The number of fused-ring (bicyclic) bond motifs is 1. The van der Waals surface area contributed by atoms with Crippen LogP contribution >= 0.6 is 0 Å². The summed E-state index contributed by atoms with van der Waals surface area (Å²) in [5.74, 6) is 1.62. The number of likely N-dealkylation sites (tertiary alicyclic amines) is 1. The number of hydrogen-bond donors (Lipinski definition) is 0. The van der Waals surface area contributed by atoms with Gasteiger partial charge in [0.25, 0.3) is 0 Å². The van der Waals surface area contributed by atoms with Gasteiger partial charge in [-0.05, 0) is 44.5 Å². The molecule has 3 rings (SSSR count). The van der Waals surface area contributed by atoms with Crippen LogP contribution in [-0.2, 0) is 0 Å². The largest absolute Gasteiger partial charge is 0.497 e. The minimum Gasteiger partial charge on any atom is -0.497 e. The molecule has 5 nitrogen and oxygen atoms in total. The second-order valence-electron chi connectivity index (χ2n) is 7.15. The lowest BCUT2D eigenvalue weighted by Crippen LogP contribution is -2.36. The zero-order valence-electron chi connectivity index (χ0n) is 14.8. The van der Waals surface area contributed by atoms with Gasteiger partial charge in [0.2, 0.25) is 5.95 Å². The molecule has 1 aromatic carbocycles. The molecule has 1 aromatic heterocycles. The van der Waals surface area contributed by atoms with E-state index in [1.165, 1.54) is 13.0 Å². The number of ether oxygens (including phenoxy) is 1. The zero-order valence-corrected chi connectivity index (χ0v) is 14.8. The summed E-state index contributed by atoms with van der Waals surface area (Å²) < 4.78 is 5.32. The molecular formula is C18H26N4O. The summed E-state index contributed by atoms with van der Waals surface area (Å²) in [5, 5.41) is 1.08. The Kier molecular flexibility index (Phi) is 4.15. The number of benzene rings is 1. The van der Waals surface area contributed by atoms with Gasteiger partial charge in [0.05, 0.1) is 18.3 Å². The average molecular weight is 314 g/mol. The molecule has 2 aromatic rings. The first kappa shape index (κ1) is 16.0. The maximum absolute atomic E-state index is 5.32. The molecule has 0 saturated carbocycles. The third-order valence-corrected chi connectivity index (χ3v) is 4.79. The lowest BCUT2D eigenvalue weighted by Gasteiger charge is -2.30. The van der Waals surface area contributed by atoms with E-state index in [4.69, 9.17) is 14.7 Å². The number of anilines is 1. The van der Waals surface area contributed by atoms with Crippen molar-refractivity contribution < 1.29 is 4.74 Å². The Hall–Kier alpha value is -1.88. The van der Waals surface area contributed by atoms with E-state index >= 15 is 0 Å². The van der Waals surface area contributed by atoms with Gasteiger partial charge in [-0.2, -0.15) is 0 Å². The van der Waals surface area contributed by atoms with E-state index in [9.17, 15) is 0 Å².